The van der Waals surface area contributed by atoms with Crippen molar-refractivity contribution in [2.75, 3.05) is 32.7 Å². The maximum atomic E-state index is 2.71. The van der Waals surface area contributed by atoms with E-state index >= 15 is 0 Å². The van der Waals surface area contributed by atoms with Crippen molar-refractivity contribution >= 4 is 21.4 Å². The van der Waals surface area contributed by atoms with Crippen molar-refractivity contribution in [2.24, 2.45) is 0 Å². The number of unbranched alkanes of at least 4 members (excludes halogenated alkanes) is 2. The van der Waals surface area contributed by atoms with Crippen molar-refractivity contribution < 1.29 is 0 Å². The molecule has 1 atom stereocenters. The Kier molecular flexibility index (Phi) is 6.09. The molecule has 2 heterocycles. The fourth-order valence-corrected chi connectivity index (χ4v) is 4.82. The highest BCUT2D eigenvalue weighted by molar-refractivity contribution is 7.17. The topological polar surface area (TPSA) is 6.48 Å². The summed E-state index contributed by atoms with van der Waals surface area (Å²) in [5.74, 6) is 0. The lowest BCUT2D eigenvalue weighted by Crippen LogP contribution is -2.47. The molecular formula is C20H30N2S. The molecule has 0 bridgehead atoms. The van der Waals surface area contributed by atoms with E-state index in [1.807, 2.05) is 11.3 Å². The Morgan fingerprint density at radius 2 is 1.83 bits per heavy atom. The monoisotopic (exact) mass is 330 g/mol. The quantitative estimate of drug-likeness (QED) is 0.647. The van der Waals surface area contributed by atoms with Gasteiger partial charge in [-0.25, -0.2) is 0 Å². The minimum absolute atomic E-state index is 0.587. The minimum atomic E-state index is 0.587. The highest BCUT2D eigenvalue weighted by atomic mass is 32.1. The Hall–Kier alpha value is -0.900. The zero-order valence-electron chi connectivity index (χ0n) is 14.6. The Morgan fingerprint density at radius 3 is 2.57 bits per heavy atom. The summed E-state index contributed by atoms with van der Waals surface area (Å²) < 4.78 is 1.43. The molecule has 2 aromatic rings. The SMILES string of the molecule is CCCCCN1CCN(C(CC)c2csc3ccccc23)CC1. The molecule has 0 N–H and O–H groups in total. The van der Waals surface area contributed by atoms with Gasteiger partial charge in [0.15, 0.2) is 0 Å². The van der Waals surface area contributed by atoms with E-state index in [1.54, 1.807) is 5.56 Å². The van der Waals surface area contributed by atoms with Crippen LogP contribution in [-0.4, -0.2) is 42.5 Å². The van der Waals surface area contributed by atoms with Gasteiger partial charge in [-0.05, 0) is 41.8 Å². The molecule has 0 radical (unpaired) electrons. The predicted molar refractivity (Wildman–Crippen MR) is 102 cm³/mol. The van der Waals surface area contributed by atoms with E-state index in [-0.39, 0.29) is 0 Å². The molecule has 1 aromatic heterocycles. The molecule has 1 aliphatic rings. The zero-order valence-corrected chi connectivity index (χ0v) is 15.4. The summed E-state index contributed by atoms with van der Waals surface area (Å²) in [6, 6.07) is 9.46. The first-order valence-electron chi connectivity index (χ1n) is 9.26. The van der Waals surface area contributed by atoms with Crippen LogP contribution in [0.1, 0.15) is 51.1 Å². The Balaban J connectivity index is 1.64. The summed E-state index contributed by atoms with van der Waals surface area (Å²) in [4.78, 5) is 5.37. The van der Waals surface area contributed by atoms with Crippen LogP contribution in [0.4, 0.5) is 0 Å². The van der Waals surface area contributed by atoms with Gasteiger partial charge in [0, 0.05) is 36.9 Å². The van der Waals surface area contributed by atoms with Crippen LogP contribution in [0.5, 0.6) is 0 Å². The summed E-state index contributed by atoms with van der Waals surface area (Å²) in [7, 11) is 0. The smallest absolute Gasteiger partial charge is 0.0361 e. The largest absolute Gasteiger partial charge is 0.301 e. The van der Waals surface area contributed by atoms with Gasteiger partial charge in [-0.3, -0.25) is 4.90 Å². The third-order valence-corrected chi connectivity index (χ3v) is 6.16. The maximum Gasteiger partial charge on any atom is 0.0361 e. The summed E-state index contributed by atoms with van der Waals surface area (Å²) in [6.45, 7) is 10.8. The molecular weight excluding hydrogens is 300 g/mol. The lowest BCUT2D eigenvalue weighted by Gasteiger charge is -2.39. The van der Waals surface area contributed by atoms with Crippen LogP contribution in [0, 0.1) is 0 Å². The summed E-state index contributed by atoms with van der Waals surface area (Å²) >= 11 is 1.90. The van der Waals surface area contributed by atoms with Crippen molar-refractivity contribution in [3.63, 3.8) is 0 Å². The van der Waals surface area contributed by atoms with Crippen LogP contribution in [0.2, 0.25) is 0 Å². The van der Waals surface area contributed by atoms with Crippen LogP contribution in [0.25, 0.3) is 10.1 Å². The van der Waals surface area contributed by atoms with Gasteiger partial charge < -0.3 is 4.90 Å². The molecule has 1 aliphatic heterocycles. The Labute approximate surface area is 145 Å². The van der Waals surface area contributed by atoms with Gasteiger partial charge in [0.05, 0.1) is 0 Å². The van der Waals surface area contributed by atoms with Crippen molar-refractivity contribution in [1.29, 1.82) is 0 Å². The second-order valence-corrected chi connectivity index (χ2v) is 7.61. The molecule has 2 nitrogen and oxygen atoms in total. The number of hydrogen-bond donors (Lipinski definition) is 0. The number of hydrogen-bond acceptors (Lipinski definition) is 3. The van der Waals surface area contributed by atoms with E-state index in [4.69, 9.17) is 0 Å². The second kappa shape index (κ2) is 8.27. The number of benzene rings is 1. The van der Waals surface area contributed by atoms with Crippen molar-refractivity contribution in [3.05, 3.63) is 35.2 Å². The van der Waals surface area contributed by atoms with E-state index in [0.717, 1.165) is 0 Å². The first-order valence-corrected chi connectivity index (χ1v) is 10.1. The lowest BCUT2D eigenvalue weighted by molar-refractivity contribution is 0.0934. The van der Waals surface area contributed by atoms with Gasteiger partial charge in [0.25, 0.3) is 0 Å². The van der Waals surface area contributed by atoms with Crippen LogP contribution >= 0.6 is 11.3 Å². The highest BCUT2D eigenvalue weighted by Gasteiger charge is 2.25. The summed E-state index contributed by atoms with van der Waals surface area (Å²) in [5.41, 5.74) is 1.55. The summed E-state index contributed by atoms with van der Waals surface area (Å²) in [5, 5.41) is 3.86. The zero-order chi connectivity index (χ0) is 16.1. The number of fused-ring (bicyclic) bond motifs is 1. The third-order valence-electron chi connectivity index (χ3n) is 5.18. The molecule has 0 amide bonds. The fourth-order valence-electron chi connectivity index (χ4n) is 3.82. The molecule has 1 fully saturated rings. The second-order valence-electron chi connectivity index (χ2n) is 6.70. The lowest BCUT2D eigenvalue weighted by atomic mass is 10.0. The average Bonchev–Trinajstić information content (AvgIpc) is 3.01. The van der Waals surface area contributed by atoms with Crippen molar-refractivity contribution in [2.45, 2.75) is 45.6 Å². The Morgan fingerprint density at radius 1 is 1.04 bits per heavy atom. The van der Waals surface area contributed by atoms with E-state index in [1.165, 1.54) is 68.5 Å². The van der Waals surface area contributed by atoms with Crippen molar-refractivity contribution in [1.82, 2.24) is 9.80 Å². The van der Waals surface area contributed by atoms with Crippen LogP contribution in [-0.2, 0) is 0 Å². The molecule has 0 saturated carbocycles. The molecule has 3 rings (SSSR count). The molecule has 1 saturated heterocycles. The van der Waals surface area contributed by atoms with Gasteiger partial charge in [0.2, 0.25) is 0 Å². The maximum absolute atomic E-state index is 2.71. The molecule has 1 unspecified atom stereocenters. The predicted octanol–water partition coefficient (Wildman–Crippen LogP) is 5.16. The molecule has 126 valence electrons. The third kappa shape index (κ3) is 3.96. The van der Waals surface area contributed by atoms with Gasteiger partial charge in [-0.15, -0.1) is 11.3 Å². The highest BCUT2D eigenvalue weighted by Crippen LogP contribution is 2.35. The molecule has 1 aromatic carbocycles. The van der Waals surface area contributed by atoms with E-state index < -0.39 is 0 Å². The van der Waals surface area contributed by atoms with Gasteiger partial charge in [-0.2, -0.15) is 0 Å². The fraction of sp³-hybridized carbons (Fsp3) is 0.600. The van der Waals surface area contributed by atoms with Gasteiger partial charge >= 0.3 is 0 Å². The van der Waals surface area contributed by atoms with Crippen molar-refractivity contribution in [3.8, 4) is 0 Å². The van der Waals surface area contributed by atoms with E-state index in [9.17, 15) is 0 Å². The normalized spacial score (nSPS) is 18.5. The average molecular weight is 331 g/mol. The Bertz CT molecular complexity index is 598. The number of nitrogens with zero attached hydrogens (tertiary/aromatic N) is 2. The van der Waals surface area contributed by atoms with Crippen LogP contribution in [0.3, 0.4) is 0 Å². The van der Waals surface area contributed by atoms with E-state index in [0.29, 0.717) is 6.04 Å². The van der Waals surface area contributed by atoms with Gasteiger partial charge in [0.1, 0.15) is 0 Å². The number of rotatable bonds is 7. The van der Waals surface area contributed by atoms with E-state index in [2.05, 4.69) is 53.3 Å². The standard InChI is InChI=1S/C20H30N2S/c1-3-5-8-11-21-12-14-22(15-13-21)19(4-2)18-16-23-20-10-7-6-9-17(18)20/h6-7,9-10,16,19H,3-5,8,11-15H2,1-2H3. The first kappa shape index (κ1) is 16.9. The molecule has 3 heteroatoms. The van der Waals surface area contributed by atoms with Crippen LogP contribution in [0.15, 0.2) is 29.6 Å². The number of thiophene rings is 1. The van der Waals surface area contributed by atoms with Gasteiger partial charge in [-0.1, -0.05) is 44.9 Å². The number of piperazine rings is 1. The molecule has 23 heavy (non-hydrogen) atoms. The summed E-state index contributed by atoms with van der Waals surface area (Å²) in [6.07, 6.45) is 5.27. The minimum Gasteiger partial charge on any atom is -0.301 e. The molecule has 0 spiro atoms. The first-order chi connectivity index (χ1) is 11.3. The molecule has 0 aliphatic carbocycles. The van der Waals surface area contributed by atoms with Crippen LogP contribution < -0.4 is 0 Å².